The third-order valence-corrected chi connectivity index (χ3v) is 1.05. The molecule has 0 aromatic carbocycles. The normalized spacial score (nSPS) is 35.8. The topological polar surface area (TPSA) is 26.0 Å². The Balaban J connectivity index is 2.65. The number of rotatable bonds is 0. The summed E-state index contributed by atoms with van der Waals surface area (Å²) in [4.78, 5) is 0. The van der Waals surface area contributed by atoms with Crippen molar-refractivity contribution in [1.29, 1.82) is 0 Å². The maximum Gasteiger partial charge on any atom is 0.181 e. The molecule has 0 bridgehead atoms. The Labute approximate surface area is 47.7 Å². The highest BCUT2D eigenvalue weighted by atomic mass is 19.1. The van der Waals surface area contributed by atoms with Crippen LogP contribution in [0.2, 0.25) is 0 Å². The van der Waals surface area contributed by atoms with E-state index in [1.807, 2.05) is 0 Å². The van der Waals surface area contributed by atoms with Crippen molar-refractivity contribution in [3.8, 4) is 0 Å². The fraction of sp³-hybridized carbons (Fsp3) is 0.333. The van der Waals surface area contributed by atoms with Crippen LogP contribution in [0.3, 0.4) is 0 Å². The molecule has 8 heavy (non-hydrogen) atoms. The minimum absolute atomic E-state index is 0.295. The molecule has 0 fully saturated rings. The Morgan fingerprint density at radius 2 is 2.25 bits per heavy atom. The first-order valence-electron chi connectivity index (χ1n) is 2.53. The Bertz CT molecular complexity index is 135. The molecule has 0 spiro atoms. The second-order valence-corrected chi connectivity index (χ2v) is 1.92. The number of hydrogen-bond donors (Lipinski definition) is 1. The van der Waals surface area contributed by atoms with Crippen molar-refractivity contribution < 1.29 is 4.39 Å². The molecule has 0 saturated carbocycles. The zero-order valence-corrected chi connectivity index (χ0v) is 4.47. The molecule has 0 aromatic heterocycles. The Hall–Kier alpha value is -0.630. The molecule has 0 heterocycles. The molecule has 1 aliphatic rings. The second-order valence-electron chi connectivity index (χ2n) is 1.92. The standard InChI is InChI=1S/C6H8FN/c7-6(8)4-2-1-3-5-6/h1-4H,5,8H2. The van der Waals surface area contributed by atoms with Crippen LogP contribution in [0.1, 0.15) is 6.42 Å². The summed E-state index contributed by atoms with van der Waals surface area (Å²) in [5.74, 6) is -1.59. The molecule has 1 atom stereocenters. The van der Waals surface area contributed by atoms with Crippen molar-refractivity contribution in [2.45, 2.75) is 12.2 Å². The van der Waals surface area contributed by atoms with Crippen LogP contribution in [0.15, 0.2) is 24.3 Å². The maximum atomic E-state index is 12.5. The van der Waals surface area contributed by atoms with Crippen LogP contribution in [0.5, 0.6) is 0 Å². The van der Waals surface area contributed by atoms with Gasteiger partial charge in [-0.1, -0.05) is 18.2 Å². The fourth-order valence-electron chi connectivity index (χ4n) is 0.611. The number of hydrogen-bond acceptors (Lipinski definition) is 1. The lowest BCUT2D eigenvalue weighted by molar-refractivity contribution is 0.242. The van der Waals surface area contributed by atoms with Gasteiger partial charge < -0.3 is 0 Å². The molecular weight excluding hydrogens is 105 g/mol. The molecule has 0 aliphatic heterocycles. The Morgan fingerprint density at radius 3 is 2.50 bits per heavy atom. The van der Waals surface area contributed by atoms with Crippen molar-refractivity contribution in [3.63, 3.8) is 0 Å². The van der Waals surface area contributed by atoms with E-state index in [1.54, 1.807) is 18.2 Å². The molecule has 2 N–H and O–H groups in total. The monoisotopic (exact) mass is 113 g/mol. The average molecular weight is 113 g/mol. The smallest absolute Gasteiger partial charge is 0.181 e. The minimum Gasteiger partial charge on any atom is -0.296 e. The SMILES string of the molecule is NC1(F)C=CC=CC1. The third-order valence-electron chi connectivity index (χ3n) is 1.05. The predicted octanol–water partition coefficient (Wildman–Crippen LogP) is 1.13. The summed E-state index contributed by atoms with van der Waals surface area (Å²) in [6.07, 6.45) is 6.75. The van der Waals surface area contributed by atoms with Gasteiger partial charge in [-0.05, 0) is 6.08 Å². The second kappa shape index (κ2) is 1.71. The predicted molar refractivity (Wildman–Crippen MR) is 30.9 cm³/mol. The molecule has 0 aromatic rings. The van der Waals surface area contributed by atoms with Gasteiger partial charge in [-0.25, -0.2) is 4.39 Å². The van der Waals surface area contributed by atoms with Crippen LogP contribution in [0.4, 0.5) is 4.39 Å². The zero-order chi connectivity index (χ0) is 6.04. The summed E-state index contributed by atoms with van der Waals surface area (Å²) in [6.45, 7) is 0. The molecule has 44 valence electrons. The highest BCUT2D eigenvalue weighted by Gasteiger charge is 2.18. The van der Waals surface area contributed by atoms with Gasteiger partial charge in [-0.2, -0.15) is 0 Å². The van der Waals surface area contributed by atoms with Crippen molar-refractivity contribution in [3.05, 3.63) is 24.3 Å². The van der Waals surface area contributed by atoms with Gasteiger partial charge in [0.15, 0.2) is 5.79 Å². The summed E-state index contributed by atoms with van der Waals surface area (Å²) in [6, 6.07) is 0. The van der Waals surface area contributed by atoms with Crippen molar-refractivity contribution in [2.24, 2.45) is 5.73 Å². The summed E-state index contributed by atoms with van der Waals surface area (Å²) >= 11 is 0. The van der Waals surface area contributed by atoms with Gasteiger partial charge in [0, 0.05) is 6.42 Å². The quantitative estimate of drug-likeness (QED) is 0.468. The first-order chi connectivity index (χ1) is 3.71. The number of allylic oxidation sites excluding steroid dienone is 2. The van der Waals surface area contributed by atoms with E-state index in [-0.39, 0.29) is 0 Å². The van der Waals surface area contributed by atoms with Crippen LogP contribution in [-0.4, -0.2) is 5.79 Å². The highest BCUT2D eigenvalue weighted by Crippen LogP contribution is 2.14. The van der Waals surface area contributed by atoms with E-state index in [0.29, 0.717) is 6.42 Å². The van der Waals surface area contributed by atoms with E-state index in [0.717, 1.165) is 0 Å². The molecule has 1 nitrogen and oxygen atoms in total. The summed E-state index contributed by atoms with van der Waals surface area (Å²) in [7, 11) is 0. The molecule has 0 saturated heterocycles. The largest absolute Gasteiger partial charge is 0.296 e. The lowest BCUT2D eigenvalue weighted by Gasteiger charge is -2.14. The van der Waals surface area contributed by atoms with E-state index in [9.17, 15) is 4.39 Å². The van der Waals surface area contributed by atoms with Crippen molar-refractivity contribution in [1.82, 2.24) is 0 Å². The fourth-order valence-corrected chi connectivity index (χ4v) is 0.611. The van der Waals surface area contributed by atoms with Crippen LogP contribution in [0, 0.1) is 0 Å². The van der Waals surface area contributed by atoms with Crippen LogP contribution in [0.25, 0.3) is 0 Å². The first-order valence-corrected chi connectivity index (χ1v) is 2.53. The third kappa shape index (κ3) is 1.17. The van der Waals surface area contributed by atoms with E-state index >= 15 is 0 Å². The zero-order valence-electron chi connectivity index (χ0n) is 4.47. The summed E-state index contributed by atoms with van der Waals surface area (Å²) < 4.78 is 12.5. The van der Waals surface area contributed by atoms with Gasteiger partial charge in [0.1, 0.15) is 0 Å². The van der Waals surface area contributed by atoms with Crippen LogP contribution < -0.4 is 5.73 Å². The lowest BCUT2D eigenvalue weighted by atomic mass is 10.1. The van der Waals surface area contributed by atoms with Gasteiger partial charge in [-0.15, -0.1) is 0 Å². The van der Waals surface area contributed by atoms with Gasteiger partial charge in [-0.3, -0.25) is 5.73 Å². The molecule has 0 radical (unpaired) electrons. The molecule has 0 amide bonds. The molecule has 1 aliphatic carbocycles. The van der Waals surface area contributed by atoms with Crippen LogP contribution in [-0.2, 0) is 0 Å². The van der Waals surface area contributed by atoms with Crippen molar-refractivity contribution >= 4 is 0 Å². The van der Waals surface area contributed by atoms with Gasteiger partial charge in [0.25, 0.3) is 0 Å². The summed E-state index contributed by atoms with van der Waals surface area (Å²) in [5, 5.41) is 0. The number of halogens is 1. The molecular formula is C6H8FN. The van der Waals surface area contributed by atoms with E-state index in [2.05, 4.69) is 0 Å². The van der Waals surface area contributed by atoms with Gasteiger partial charge in [0.2, 0.25) is 0 Å². The van der Waals surface area contributed by atoms with E-state index < -0.39 is 5.79 Å². The van der Waals surface area contributed by atoms with Gasteiger partial charge in [0.05, 0.1) is 0 Å². The minimum atomic E-state index is -1.59. The molecule has 1 rings (SSSR count). The number of alkyl halides is 1. The van der Waals surface area contributed by atoms with Crippen molar-refractivity contribution in [2.75, 3.05) is 0 Å². The lowest BCUT2D eigenvalue weighted by Crippen LogP contribution is -2.31. The van der Waals surface area contributed by atoms with Gasteiger partial charge >= 0.3 is 0 Å². The maximum absolute atomic E-state index is 12.5. The number of nitrogens with two attached hydrogens (primary N) is 1. The summed E-state index contributed by atoms with van der Waals surface area (Å²) in [5.41, 5.74) is 5.07. The Kier molecular flexibility index (Phi) is 1.18. The van der Waals surface area contributed by atoms with E-state index in [4.69, 9.17) is 5.73 Å². The van der Waals surface area contributed by atoms with E-state index in [1.165, 1.54) is 6.08 Å². The molecule has 2 heteroatoms. The first kappa shape index (κ1) is 5.51. The Morgan fingerprint density at radius 1 is 1.50 bits per heavy atom. The average Bonchev–Trinajstić information content (AvgIpc) is 1.65. The highest BCUT2D eigenvalue weighted by molar-refractivity contribution is 5.15. The molecule has 1 unspecified atom stereocenters. The van der Waals surface area contributed by atoms with Crippen LogP contribution >= 0.6 is 0 Å².